The van der Waals surface area contributed by atoms with Crippen molar-refractivity contribution < 1.29 is 28.1 Å². The molecule has 0 saturated carbocycles. The van der Waals surface area contributed by atoms with Crippen LogP contribution < -0.4 is 17.2 Å². The Bertz CT molecular complexity index is 309. The van der Waals surface area contributed by atoms with E-state index < -0.39 is 25.9 Å². The van der Waals surface area contributed by atoms with Crippen molar-refractivity contribution in [3.05, 3.63) is 0 Å². The zero-order chi connectivity index (χ0) is 12.8. The Hall–Kier alpha value is -1.15. The standard InChI is InChI=1S/C6H14N3O6P/c7-3-1-2-4(8)5(10)14-16(12,13)15-6(9)11/h4H,1-3,7-8H2,(H2,9,11)(H,12,13)/t4-/m1/s1. The van der Waals surface area contributed by atoms with E-state index in [1.807, 2.05) is 0 Å². The van der Waals surface area contributed by atoms with Gasteiger partial charge in [0, 0.05) is 0 Å². The van der Waals surface area contributed by atoms with E-state index in [0.29, 0.717) is 13.0 Å². The number of phosphoric ester groups is 1. The number of nitrogens with two attached hydrogens (primary N) is 3. The van der Waals surface area contributed by atoms with Gasteiger partial charge < -0.3 is 26.2 Å². The van der Waals surface area contributed by atoms with Gasteiger partial charge in [0.15, 0.2) is 0 Å². The van der Waals surface area contributed by atoms with Crippen molar-refractivity contribution in [1.29, 1.82) is 0 Å². The molecule has 0 fully saturated rings. The Kier molecular flexibility index (Phi) is 5.97. The van der Waals surface area contributed by atoms with Crippen LogP contribution in [-0.4, -0.2) is 29.5 Å². The summed E-state index contributed by atoms with van der Waals surface area (Å²) in [6.45, 7) is 0.315. The lowest BCUT2D eigenvalue weighted by molar-refractivity contribution is -0.137. The summed E-state index contributed by atoms with van der Waals surface area (Å²) >= 11 is 0. The summed E-state index contributed by atoms with van der Waals surface area (Å²) in [5, 5.41) is 0. The van der Waals surface area contributed by atoms with Gasteiger partial charge >= 0.3 is 19.9 Å². The molecule has 0 heterocycles. The van der Waals surface area contributed by atoms with Crippen LogP contribution in [-0.2, 0) is 18.4 Å². The first kappa shape index (κ1) is 14.8. The van der Waals surface area contributed by atoms with E-state index in [2.05, 4.69) is 14.8 Å². The maximum absolute atomic E-state index is 11.1. The number of carbonyl (C=O) groups excluding carboxylic acids is 2. The van der Waals surface area contributed by atoms with Crippen LogP contribution in [0.4, 0.5) is 4.79 Å². The fraction of sp³-hybridized carbons (Fsp3) is 0.667. The van der Waals surface area contributed by atoms with Crippen molar-refractivity contribution in [3.8, 4) is 0 Å². The van der Waals surface area contributed by atoms with Crippen LogP contribution in [0.3, 0.4) is 0 Å². The molecule has 0 aromatic rings. The summed E-state index contributed by atoms with van der Waals surface area (Å²) in [5.74, 6) is -1.17. The van der Waals surface area contributed by atoms with Gasteiger partial charge in [-0.15, -0.1) is 0 Å². The molecule has 0 aliphatic heterocycles. The molecule has 1 unspecified atom stereocenters. The van der Waals surface area contributed by atoms with Crippen LogP contribution in [0, 0.1) is 0 Å². The second kappa shape index (κ2) is 6.44. The first-order valence-electron chi connectivity index (χ1n) is 4.29. The predicted molar refractivity (Wildman–Crippen MR) is 52.8 cm³/mol. The molecule has 2 atom stereocenters. The van der Waals surface area contributed by atoms with Crippen LogP contribution in [0.25, 0.3) is 0 Å². The van der Waals surface area contributed by atoms with E-state index in [9.17, 15) is 14.2 Å². The minimum absolute atomic E-state index is 0.186. The van der Waals surface area contributed by atoms with Crippen LogP contribution in [0.2, 0.25) is 0 Å². The molecule has 1 amide bonds. The highest BCUT2D eigenvalue weighted by molar-refractivity contribution is 7.48. The second-order valence-electron chi connectivity index (χ2n) is 2.83. The number of hydrogen-bond acceptors (Lipinski definition) is 7. The Morgan fingerprint density at radius 1 is 1.38 bits per heavy atom. The van der Waals surface area contributed by atoms with E-state index in [1.54, 1.807) is 0 Å². The van der Waals surface area contributed by atoms with Gasteiger partial charge in [0.1, 0.15) is 6.04 Å². The van der Waals surface area contributed by atoms with Gasteiger partial charge in [-0.25, -0.2) is 14.2 Å². The molecule has 0 aromatic heterocycles. The number of hydrogen-bond donors (Lipinski definition) is 4. The van der Waals surface area contributed by atoms with E-state index in [1.165, 1.54) is 0 Å². The first-order chi connectivity index (χ1) is 7.28. The van der Waals surface area contributed by atoms with Crippen LogP contribution in [0.15, 0.2) is 0 Å². The van der Waals surface area contributed by atoms with Gasteiger partial charge in [-0.3, -0.25) is 4.89 Å². The smallest absolute Gasteiger partial charge is 0.360 e. The Labute approximate surface area is 91.5 Å². The summed E-state index contributed by atoms with van der Waals surface area (Å²) < 4.78 is 18.6. The Balaban J connectivity index is 4.21. The van der Waals surface area contributed by atoms with E-state index >= 15 is 0 Å². The normalized spacial score (nSPS) is 15.9. The fourth-order valence-electron chi connectivity index (χ4n) is 0.769. The first-order valence-corrected chi connectivity index (χ1v) is 5.79. The summed E-state index contributed by atoms with van der Waals surface area (Å²) in [4.78, 5) is 30.1. The van der Waals surface area contributed by atoms with Crippen molar-refractivity contribution >= 4 is 19.9 Å². The average Bonchev–Trinajstić information content (AvgIpc) is 2.10. The number of rotatable bonds is 6. The van der Waals surface area contributed by atoms with Crippen molar-refractivity contribution in [3.63, 3.8) is 0 Å². The summed E-state index contributed by atoms with van der Waals surface area (Å²) in [6, 6.07) is -1.11. The molecule has 9 nitrogen and oxygen atoms in total. The third kappa shape index (κ3) is 6.36. The van der Waals surface area contributed by atoms with Gasteiger partial charge in [-0.2, -0.15) is 0 Å². The lowest BCUT2D eigenvalue weighted by Gasteiger charge is -2.13. The third-order valence-electron chi connectivity index (χ3n) is 1.43. The number of phosphoric acid groups is 1. The number of carbonyl (C=O) groups is 2. The molecule has 94 valence electrons. The van der Waals surface area contributed by atoms with Gasteiger partial charge in [-0.1, -0.05) is 0 Å². The quantitative estimate of drug-likeness (QED) is 0.428. The third-order valence-corrected chi connectivity index (χ3v) is 2.25. The van der Waals surface area contributed by atoms with Crippen molar-refractivity contribution in [1.82, 2.24) is 0 Å². The summed E-state index contributed by atoms with van der Waals surface area (Å²) in [6.07, 6.45) is -0.900. The summed E-state index contributed by atoms with van der Waals surface area (Å²) in [7, 11) is -4.83. The van der Waals surface area contributed by atoms with Crippen LogP contribution >= 0.6 is 7.82 Å². The zero-order valence-electron chi connectivity index (χ0n) is 8.37. The maximum Gasteiger partial charge on any atom is 0.590 e. The predicted octanol–water partition coefficient (Wildman–Crippen LogP) is -1.21. The van der Waals surface area contributed by atoms with E-state index in [4.69, 9.17) is 16.4 Å². The topological polar surface area (TPSA) is 168 Å². The molecule has 0 saturated heterocycles. The Morgan fingerprint density at radius 2 is 1.94 bits per heavy atom. The SMILES string of the molecule is NCCC[C@@H](N)C(=O)OP(=O)(O)OC(N)=O. The fourth-order valence-corrected chi connectivity index (χ4v) is 1.40. The molecule has 0 rings (SSSR count). The van der Waals surface area contributed by atoms with Crippen molar-refractivity contribution in [2.45, 2.75) is 18.9 Å². The van der Waals surface area contributed by atoms with Crippen molar-refractivity contribution in [2.75, 3.05) is 6.54 Å². The van der Waals surface area contributed by atoms with E-state index in [-0.39, 0.29) is 6.42 Å². The van der Waals surface area contributed by atoms with Crippen molar-refractivity contribution in [2.24, 2.45) is 17.2 Å². The highest BCUT2D eigenvalue weighted by atomic mass is 31.2. The lowest BCUT2D eigenvalue weighted by atomic mass is 10.2. The largest absolute Gasteiger partial charge is 0.590 e. The van der Waals surface area contributed by atoms with Gasteiger partial charge in [0.05, 0.1) is 0 Å². The zero-order valence-corrected chi connectivity index (χ0v) is 9.26. The second-order valence-corrected chi connectivity index (χ2v) is 4.13. The number of amides is 1. The molecule has 0 aromatic carbocycles. The van der Waals surface area contributed by atoms with Gasteiger partial charge in [-0.05, 0) is 19.4 Å². The Morgan fingerprint density at radius 3 is 2.38 bits per heavy atom. The average molecular weight is 255 g/mol. The lowest BCUT2D eigenvalue weighted by Crippen LogP contribution is -2.32. The van der Waals surface area contributed by atoms with E-state index in [0.717, 1.165) is 0 Å². The van der Waals surface area contributed by atoms with Crippen LogP contribution in [0.1, 0.15) is 12.8 Å². The minimum atomic E-state index is -4.83. The minimum Gasteiger partial charge on any atom is -0.360 e. The van der Waals surface area contributed by atoms with Crippen LogP contribution in [0.5, 0.6) is 0 Å². The molecule has 16 heavy (non-hydrogen) atoms. The molecule has 7 N–H and O–H groups in total. The molecular weight excluding hydrogens is 241 g/mol. The molecule has 0 radical (unpaired) electrons. The molecule has 0 spiro atoms. The highest BCUT2D eigenvalue weighted by Crippen LogP contribution is 2.43. The molecular formula is C6H14N3O6P. The molecule has 10 heteroatoms. The molecule has 0 aliphatic carbocycles. The maximum atomic E-state index is 11.1. The highest BCUT2D eigenvalue weighted by Gasteiger charge is 2.31. The monoisotopic (exact) mass is 255 g/mol. The van der Waals surface area contributed by atoms with Gasteiger partial charge in [0.2, 0.25) is 0 Å². The molecule has 0 bridgehead atoms. The van der Waals surface area contributed by atoms with Gasteiger partial charge in [0.25, 0.3) is 0 Å². The number of primary amides is 1. The summed E-state index contributed by atoms with van der Waals surface area (Å²) in [5.41, 5.74) is 15.0. The molecule has 0 aliphatic rings.